The second-order valence-corrected chi connectivity index (χ2v) is 7.82. The molecule has 1 N–H and O–H groups in total. The summed E-state index contributed by atoms with van der Waals surface area (Å²) in [5, 5.41) is 4.32. The Bertz CT molecular complexity index is 787. The Hall–Kier alpha value is -1.75. The van der Waals surface area contributed by atoms with Crippen molar-refractivity contribution in [2.75, 3.05) is 18.4 Å². The number of ether oxygens (including phenoxy) is 1. The van der Waals surface area contributed by atoms with Gasteiger partial charge < -0.3 is 10.1 Å². The van der Waals surface area contributed by atoms with E-state index in [1.54, 1.807) is 18.2 Å². The largest absolute Gasteiger partial charge is 0.446 e. The van der Waals surface area contributed by atoms with Gasteiger partial charge in [0, 0.05) is 18.8 Å². The lowest BCUT2D eigenvalue weighted by Gasteiger charge is -2.33. The fourth-order valence-corrected chi connectivity index (χ4v) is 4.01. The van der Waals surface area contributed by atoms with Crippen molar-refractivity contribution in [1.82, 2.24) is 4.90 Å². The fraction of sp³-hybridized carbons (Fsp3) is 0.409. The Balaban J connectivity index is 1.69. The molecule has 1 fully saturated rings. The van der Waals surface area contributed by atoms with Crippen LogP contribution in [0.25, 0.3) is 0 Å². The van der Waals surface area contributed by atoms with Crippen LogP contribution in [0.15, 0.2) is 42.5 Å². The molecule has 1 saturated heterocycles. The molecule has 1 unspecified atom stereocenters. The van der Waals surface area contributed by atoms with Crippen LogP contribution in [0.5, 0.6) is 0 Å². The van der Waals surface area contributed by atoms with Crippen molar-refractivity contribution in [2.45, 2.75) is 45.3 Å². The van der Waals surface area contributed by atoms with Crippen LogP contribution in [0.1, 0.15) is 38.2 Å². The average Bonchev–Trinajstić information content (AvgIpc) is 2.71. The van der Waals surface area contributed by atoms with Crippen LogP contribution < -0.4 is 5.32 Å². The van der Waals surface area contributed by atoms with Crippen molar-refractivity contribution in [2.24, 2.45) is 0 Å². The first-order valence-electron chi connectivity index (χ1n) is 9.81. The number of benzene rings is 2. The van der Waals surface area contributed by atoms with Gasteiger partial charge in [-0.15, -0.1) is 0 Å². The molecule has 0 saturated carbocycles. The maximum Gasteiger partial charge on any atom is 0.311 e. The number of halogens is 2. The molecule has 0 bridgehead atoms. The van der Waals surface area contributed by atoms with Crippen molar-refractivity contribution < 1.29 is 9.53 Å². The standard InChI is InChI=1S/C22H26Cl2N2O2/c1-2-20(26-13-6-3-7-14-26)28-21(27)15-16-9-4-5-12-19(16)25-22-17(23)10-8-11-18(22)24/h4-5,8-12,20,25H,2-3,6-7,13-15H2,1H3. The number of nitrogens with one attached hydrogen (secondary N) is 1. The Morgan fingerprint density at radius 2 is 1.75 bits per heavy atom. The third kappa shape index (κ3) is 5.40. The highest BCUT2D eigenvalue weighted by Gasteiger charge is 2.23. The van der Waals surface area contributed by atoms with Gasteiger partial charge in [-0.1, -0.05) is 60.8 Å². The van der Waals surface area contributed by atoms with Gasteiger partial charge in [0.25, 0.3) is 0 Å². The molecule has 150 valence electrons. The van der Waals surface area contributed by atoms with E-state index in [-0.39, 0.29) is 18.6 Å². The molecule has 2 aromatic rings. The third-order valence-corrected chi connectivity index (χ3v) is 5.62. The lowest BCUT2D eigenvalue weighted by atomic mass is 10.1. The molecule has 0 spiro atoms. The van der Waals surface area contributed by atoms with Crippen LogP contribution >= 0.6 is 23.2 Å². The van der Waals surface area contributed by atoms with Crippen LogP contribution in [0.4, 0.5) is 11.4 Å². The molecule has 28 heavy (non-hydrogen) atoms. The predicted molar refractivity (Wildman–Crippen MR) is 115 cm³/mol. The first kappa shape index (κ1) is 21.0. The fourth-order valence-electron chi connectivity index (χ4n) is 3.52. The van der Waals surface area contributed by atoms with Crippen LogP contribution in [0.2, 0.25) is 10.0 Å². The van der Waals surface area contributed by atoms with Crippen LogP contribution in [-0.4, -0.2) is 30.2 Å². The second-order valence-electron chi connectivity index (χ2n) is 7.00. The zero-order valence-corrected chi connectivity index (χ0v) is 17.6. The third-order valence-electron chi connectivity index (χ3n) is 4.99. The maximum atomic E-state index is 12.6. The van der Waals surface area contributed by atoms with E-state index >= 15 is 0 Å². The first-order chi connectivity index (χ1) is 13.6. The smallest absolute Gasteiger partial charge is 0.311 e. The number of esters is 1. The zero-order chi connectivity index (χ0) is 19.9. The summed E-state index contributed by atoms with van der Waals surface area (Å²) < 4.78 is 5.80. The minimum Gasteiger partial charge on any atom is -0.446 e. The lowest BCUT2D eigenvalue weighted by molar-refractivity contribution is -0.159. The summed E-state index contributed by atoms with van der Waals surface area (Å²) in [6, 6.07) is 13.0. The number of anilines is 2. The number of piperidine rings is 1. The zero-order valence-electron chi connectivity index (χ0n) is 16.1. The SMILES string of the molecule is CCC(OC(=O)Cc1ccccc1Nc1c(Cl)cccc1Cl)N1CCCCC1. The van der Waals surface area contributed by atoms with Gasteiger partial charge in [-0.25, -0.2) is 0 Å². The molecule has 6 heteroatoms. The topological polar surface area (TPSA) is 41.6 Å². The normalized spacial score (nSPS) is 15.8. The van der Waals surface area contributed by atoms with Gasteiger partial charge in [-0.2, -0.15) is 0 Å². The summed E-state index contributed by atoms with van der Waals surface area (Å²) in [5.41, 5.74) is 2.27. The highest BCUT2D eigenvalue weighted by molar-refractivity contribution is 6.39. The van der Waals surface area contributed by atoms with Crippen molar-refractivity contribution in [3.8, 4) is 0 Å². The molecule has 1 atom stereocenters. The van der Waals surface area contributed by atoms with E-state index in [9.17, 15) is 4.79 Å². The summed E-state index contributed by atoms with van der Waals surface area (Å²) in [4.78, 5) is 14.9. The lowest BCUT2D eigenvalue weighted by Crippen LogP contribution is -2.41. The second kappa shape index (κ2) is 10.1. The predicted octanol–water partition coefficient (Wildman–Crippen LogP) is 6.04. The van der Waals surface area contributed by atoms with Crippen molar-refractivity contribution in [3.05, 3.63) is 58.1 Å². The summed E-state index contributed by atoms with van der Waals surface area (Å²) in [5.74, 6) is -0.225. The summed E-state index contributed by atoms with van der Waals surface area (Å²) in [6.45, 7) is 4.05. The quantitative estimate of drug-likeness (QED) is 0.553. The highest BCUT2D eigenvalue weighted by Crippen LogP contribution is 2.33. The molecule has 0 amide bonds. The van der Waals surface area contributed by atoms with E-state index in [0.717, 1.165) is 30.8 Å². The Labute approximate surface area is 176 Å². The Morgan fingerprint density at radius 1 is 1.07 bits per heavy atom. The highest BCUT2D eigenvalue weighted by atomic mass is 35.5. The number of hydrogen-bond acceptors (Lipinski definition) is 4. The molecule has 2 aromatic carbocycles. The minimum absolute atomic E-state index is 0.147. The monoisotopic (exact) mass is 420 g/mol. The molecule has 0 aromatic heterocycles. The molecule has 4 nitrogen and oxygen atoms in total. The molecule has 1 aliphatic heterocycles. The van der Waals surface area contributed by atoms with E-state index in [1.807, 2.05) is 24.3 Å². The molecular weight excluding hydrogens is 395 g/mol. The number of likely N-dealkylation sites (tertiary alicyclic amines) is 1. The van der Waals surface area contributed by atoms with Crippen LogP contribution in [0, 0.1) is 0 Å². The van der Waals surface area contributed by atoms with E-state index in [0.29, 0.717) is 15.7 Å². The van der Waals surface area contributed by atoms with Crippen molar-refractivity contribution in [1.29, 1.82) is 0 Å². The Kier molecular flexibility index (Phi) is 7.60. The summed E-state index contributed by atoms with van der Waals surface area (Å²) in [6.07, 6.45) is 4.42. The van der Waals surface area contributed by atoms with Gasteiger partial charge in [0.2, 0.25) is 0 Å². The van der Waals surface area contributed by atoms with Crippen LogP contribution in [-0.2, 0) is 16.0 Å². The number of rotatable bonds is 7. The van der Waals surface area contributed by atoms with Crippen molar-refractivity contribution in [3.63, 3.8) is 0 Å². The summed E-state index contributed by atoms with van der Waals surface area (Å²) >= 11 is 12.5. The van der Waals surface area contributed by atoms with E-state index in [2.05, 4.69) is 17.1 Å². The van der Waals surface area contributed by atoms with E-state index in [1.165, 1.54) is 19.3 Å². The van der Waals surface area contributed by atoms with Gasteiger partial charge >= 0.3 is 5.97 Å². The maximum absolute atomic E-state index is 12.6. The number of carbonyl (C=O) groups is 1. The van der Waals surface area contributed by atoms with Gasteiger partial charge in [0.15, 0.2) is 6.23 Å². The van der Waals surface area contributed by atoms with Crippen LogP contribution in [0.3, 0.4) is 0 Å². The first-order valence-corrected chi connectivity index (χ1v) is 10.6. The van der Waals surface area contributed by atoms with Gasteiger partial charge in [-0.05, 0) is 43.0 Å². The van der Waals surface area contributed by atoms with Gasteiger partial charge in [0.1, 0.15) is 0 Å². The van der Waals surface area contributed by atoms with E-state index < -0.39 is 0 Å². The number of carbonyl (C=O) groups excluding carboxylic acids is 1. The average molecular weight is 421 g/mol. The minimum atomic E-state index is -0.225. The number of hydrogen-bond donors (Lipinski definition) is 1. The molecule has 0 aliphatic carbocycles. The van der Waals surface area contributed by atoms with E-state index in [4.69, 9.17) is 27.9 Å². The van der Waals surface area contributed by atoms with Gasteiger partial charge in [-0.3, -0.25) is 9.69 Å². The molecule has 1 heterocycles. The number of para-hydroxylation sites is 2. The molecule has 0 radical (unpaired) electrons. The summed E-state index contributed by atoms with van der Waals surface area (Å²) in [7, 11) is 0. The molecular formula is C22H26Cl2N2O2. The molecule has 1 aliphatic rings. The Morgan fingerprint density at radius 3 is 2.43 bits per heavy atom. The van der Waals surface area contributed by atoms with Gasteiger partial charge in [0.05, 0.1) is 22.2 Å². The molecule has 3 rings (SSSR count). The number of nitrogens with zero attached hydrogens (tertiary/aromatic N) is 1. The van der Waals surface area contributed by atoms with Crippen molar-refractivity contribution >= 4 is 40.5 Å².